The first-order valence-corrected chi connectivity index (χ1v) is 8.42. The number of fused-ring (bicyclic) bond motifs is 1. The lowest BCUT2D eigenvalue weighted by Gasteiger charge is -2.37. The number of amides is 1. The van der Waals surface area contributed by atoms with Gasteiger partial charge in [-0.15, -0.1) is 5.10 Å². The van der Waals surface area contributed by atoms with E-state index in [0.717, 1.165) is 13.1 Å². The van der Waals surface area contributed by atoms with Gasteiger partial charge >= 0.3 is 6.03 Å². The number of hydrogen-bond donors (Lipinski definition) is 0. The number of para-hydroxylation sites is 1. The number of hydrogen-bond acceptors (Lipinski definition) is 5. The van der Waals surface area contributed by atoms with E-state index in [1.807, 2.05) is 11.0 Å². The molecular weight excluding hydrogens is 316 g/mol. The van der Waals surface area contributed by atoms with Gasteiger partial charge in [-0.2, -0.15) is 4.68 Å². The van der Waals surface area contributed by atoms with Crippen molar-refractivity contribution in [3.8, 4) is 0 Å². The summed E-state index contributed by atoms with van der Waals surface area (Å²) >= 11 is 0. The molecule has 1 saturated heterocycles. The zero-order valence-electron chi connectivity index (χ0n) is 14.4. The van der Waals surface area contributed by atoms with Gasteiger partial charge in [-0.25, -0.2) is 9.78 Å². The Balaban J connectivity index is 1.51. The van der Waals surface area contributed by atoms with Crippen LogP contribution in [0.15, 0.2) is 36.5 Å². The fourth-order valence-corrected chi connectivity index (χ4v) is 3.47. The first-order chi connectivity index (χ1) is 12.1. The Morgan fingerprint density at radius 3 is 2.44 bits per heavy atom. The van der Waals surface area contributed by atoms with Gasteiger partial charge in [0.05, 0.1) is 0 Å². The zero-order valence-corrected chi connectivity index (χ0v) is 14.4. The largest absolute Gasteiger partial charge is 0.368 e. The fraction of sp³-hybridized carbons (Fsp3) is 0.333. The summed E-state index contributed by atoms with van der Waals surface area (Å²) in [6.07, 6.45) is 1.65. The molecule has 4 rings (SSSR count). The van der Waals surface area contributed by atoms with E-state index in [1.165, 1.54) is 21.5 Å². The molecule has 7 heteroatoms. The van der Waals surface area contributed by atoms with Crippen molar-refractivity contribution in [3.05, 3.63) is 47.7 Å². The Kier molecular flexibility index (Phi) is 3.83. The number of anilines is 1. The van der Waals surface area contributed by atoms with Crippen molar-refractivity contribution >= 4 is 22.9 Å². The number of benzene rings is 1. The second-order valence-corrected chi connectivity index (χ2v) is 6.34. The van der Waals surface area contributed by atoms with Crippen molar-refractivity contribution in [3.63, 3.8) is 0 Å². The van der Waals surface area contributed by atoms with E-state index in [4.69, 9.17) is 0 Å². The molecule has 0 unspecified atom stereocenters. The highest BCUT2D eigenvalue weighted by molar-refractivity contribution is 5.86. The summed E-state index contributed by atoms with van der Waals surface area (Å²) < 4.78 is 1.34. The van der Waals surface area contributed by atoms with Gasteiger partial charge in [0.2, 0.25) is 5.65 Å². The summed E-state index contributed by atoms with van der Waals surface area (Å²) in [5.41, 5.74) is 4.96. The molecule has 1 fully saturated rings. The predicted octanol–water partition coefficient (Wildman–Crippen LogP) is 2.23. The number of piperazine rings is 1. The number of rotatable bonds is 1. The average Bonchev–Trinajstić information content (AvgIpc) is 3.06. The van der Waals surface area contributed by atoms with Gasteiger partial charge in [-0.3, -0.25) is 0 Å². The van der Waals surface area contributed by atoms with Crippen molar-refractivity contribution in [2.24, 2.45) is 0 Å². The topological polar surface area (TPSA) is 67.2 Å². The van der Waals surface area contributed by atoms with Crippen molar-refractivity contribution in [1.29, 1.82) is 0 Å². The van der Waals surface area contributed by atoms with E-state index < -0.39 is 0 Å². The van der Waals surface area contributed by atoms with Gasteiger partial charge in [-0.05, 0) is 37.1 Å². The third-order valence-corrected chi connectivity index (χ3v) is 4.71. The molecule has 3 heterocycles. The first-order valence-electron chi connectivity index (χ1n) is 8.42. The third-order valence-electron chi connectivity index (χ3n) is 4.71. The maximum absolute atomic E-state index is 12.8. The second kappa shape index (κ2) is 6.16. The predicted molar refractivity (Wildman–Crippen MR) is 95.8 cm³/mol. The highest BCUT2D eigenvalue weighted by Gasteiger charge is 2.25. The summed E-state index contributed by atoms with van der Waals surface area (Å²) in [4.78, 5) is 21.1. The summed E-state index contributed by atoms with van der Waals surface area (Å²) in [5, 5.41) is 7.94. The van der Waals surface area contributed by atoms with Crippen LogP contribution in [0.5, 0.6) is 0 Å². The molecule has 1 aromatic carbocycles. The van der Waals surface area contributed by atoms with Crippen LogP contribution >= 0.6 is 0 Å². The number of aryl methyl sites for hydroxylation is 2. The van der Waals surface area contributed by atoms with Gasteiger partial charge in [0.25, 0.3) is 0 Å². The van der Waals surface area contributed by atoms with Crippen molar-refractivity contribution < 1.29 is 4.79 Å². The van der Waals surface area contributed by atoms with E-state index in [1.54, 1.807) is 12.3 Å². The fourth-order valence-electron chi connectivity index (χ4n) is 3.47. The van der Waals surface area contributed by atoms with Crippen LogP contribution < -0.4 is 4.90 Å². The number of aromatic nitrogens is 4. The molecule has 3 aromatic rings. The number of nitrogens with zero attached hydrogens (tertiary/aromatic N) is 6. The van der Waals surface area contributed by atoms with Gasteiger partial charge in [0.15, 0.2) is 0 Å². The molecule has 7 nitrogen and oxygen atoms in total. The summed E-state index contributed by atoms with van der Waals surface area (Å²) in [6, 6.07) is 9.80. The third kappa shape index (κ3) is 2.71. The molecule has 0 atom stereocenters. The molecule has 0 spiro atoms. The maximum Gasteiger partial charge on any atom is 0.346 e. The molecule has 0 N–H and O–H groups in total. The number of carbonyl (C=O) groups excluding carboxylic acids is 1. The van der Waals surface area contributed by atoms with Crippen LogP contribution in [-0.2, 0) is 0 Å². The molecule has 0 saturated carbocycles. The minimum absolute atomic E-state index is 0.142. The van der Waals surface area contributed by atoms with Gasteiger partial charge in [0, 0.05) is 38.1 Å². The lowest BCUT2D eigenvalue weighted by atomic mass is 10.1. The van der Waals surface area contributed by atoms with E-state index in [0.29, 0.717) is 24.3 Å². The molecule has 2 aromatic heterocycles. The van der Waals surface area contributed by atoms with Gasteiger partial charge in [0.1, 0.15) is 5.52 Å². The van der Waals surface area contributed by atoms with E-state index in [2.05, 4.69) is 52.2 Å². The van der Waals surface area contributed by atoms with E-state index in [-0.39, 0.29) is 6.03 Å². The summed E-state index contributed by atoms with van der Waals surface area (Å²) in [5.74, 6) is 0. The minimum Gasteiger partial charge on any atom is -0.368 e. The summed E-state index contributed by atoms with van der Waals surface area (Å²) in [6.45, 7) is 7.20. The van der Waals surface area contributed by atoms with Crippen molar-refractivity contribution in [1.82, 2.24) is 24.9 Å². The van der Waals surface area contributed by atoms with Crippen LogP contribution in [0.2, 0.25) is 0 Å². The molecule has 1 amide bonds. The van der Waals surface area contributed by atoms with Crippen LogP contribution in [0.1, 0.15) is 11.1 Å². The lowest BCUT2D eigenvalue weighted by Crippen LogP contribution is -2.50. The zero-order chi connectivity index (χ0) is 17.4. The second-order valence-electron chi connectivity index (χ2n) is 6.34. The van der Waals surface area contributed by atoms with E-state index in [9.17, 15) is 4.79 Å². The van der Waals surface area contributed by atoms with Crippen LogP contribution in [0.25, 0.3) is 11.2 Å². The van der Waals surface area contributed by atoms with Crippen LogP contribution in [0.4, 0.5) is 10.5 Å². The lowest BCUT2D eigenvalue weighted by molar-refractivity contribution is 0.193. The average molecular weight is 336 g/mol. The Morgan fingerprint density at radius 2 is 1.72 bits per heavy atom. The van der Waals surface area contributed by atoms with Gasteiger partial charge in [-0.1, -0.05) is 23.4 Å². The number of carbonyl (C=O) groups is 1. The monoisotopic (exact) mass is 336 g/mol. The first kappa shape index (κ1) is 15.6. The molecule has 128 valence electrons. The smallest absolute Gasteiger partial charge is 0.346 e. The van der Waals surface area contributed by atoms with Crippen molar-refractivity contribution in [2.75, 3.05) is 31.1 Å². The SMILES string of the molecule is Cc1cccc(C)c1N1CCN(C(=O)n2nnc3ncccc32)CC1. The van der Waals surface area contributed by atoms with Crippen molar-refractivity contribution in [2.45, 2.75) is 13.8 Å². The van der Waals surface area contributed by atoms with Gasteiger partial charge < -0.3 is 9.80 Å². The molecular formula is C18H20N6O. The Hall–Kier alpha value is -2.96. The maximum atomic E-state index is 12.8. The van der Waals surface area contributed by atoms with Crippen LogP contribution in [-0.4, -0.2) is 57.1 Å². The van der Waals surface area contributed by atoms with Crippen LogP contribution in [0.3, 0.4) is 0 Å². The Morgan fingerprint density at radius 1 is 1.00 bits per heavy atom. The molecule has 25 heavy (non-hydrogen) atoms. The summed E-state index contributed by atoms with van der Waals surface area (Å²) in [7, 11) is 0. The standard InChI is InChI=1S/C18H20N6O/c1-13-5-3-6-14(2)16(13)22-9-11-23(12-10-22)18(25)24-15-7-4-8-19-17(15)20-21-24/h3-8H,9-12H2,1-2H3. The highest BCUT2D eigenvalue weighted by Crippen LogP contribution is 2.25. The molecule has 1 aliphatic heterocycles. The quantitative estimate of drug-likeness (QED) is 0.682. The minimum atomic E-state index is -0.142. The van der Waals surface area contributed by atoms with E-state index >= 15 is 0 Å². The molecule has 0 radical (unpaired) electrons. The van der Waals surface area contributed by atoms with Crippen LogP contribution in [0, 0.1) is 13.8 Å². The molecule has 0 bridgehead atoms. The normalized spacial score (nSPS) is 15.0. The molecule has 1 aliphatic rings. The Bertz CT molecular complexity index is 906. The Labute approximate surface area is 145 Å². The number of pyridine rings is 1. The molecule has 0 aliphatic carbocycles. The highest BCUT2D eigenvalue weighted by atomic mass is 16.2.